The molecule has 0 spiro atoms. The standard InChI is InChI=1S/C11H16F3N3O2/c12-11(13,14)17-10(18)9-3-8-19-7-2-1-4-15-5-6-16-9/h9,15-16H,3-8H2,(H,17,18). The first-order valence-electron chi connectivity index (χ1n) is 5.85. The van der Waals surface area contributed by atoms with Crippen LogP contribution >= 0.6 is 0 Å². The van der Waals surface area contributed by atoms with Crippen molar-refractivity contribution < 1.29 is 22.7 Å². The Morgan fingerprint density at radius 2 is 2.11 bits per heavy atom. The molecular formula is C11H16F3N3O2. The van der Waals surface area contributed by atoms with Crippen LogP contribution < -0.4 is 16.0 Å². The lowest BCUT2D eigenvalue weighted by Gasteiger charge is -2.19. The Kier molecular flexibility index (Phi) is 6.62. The maximum absolute atomic E-state index is 12.1. The summed E-state index contributed by atoms with van der Waals surface area (Å²) in [5, 5.41) is 6.72. The van der Waals surface area contributed by atoms with Crippen LogP contribution in [0, 0.1) is 11.8 Å². The maximum Gasteiger partial charge on any atom is 0.484 e. The lowest BCUT2D eigenvalue weighted by molar-refractivity contribution is -0.171. The Morgan fingerprint density at radius 3 is 2.84 bits per heavy atom. The normalized spacial score (nSPS) is 22.4. The van der Waals surface area contributed by atoms with Crippen molar-refractivity contribution in [1.29, 1.82) is 0 Å². The zero-order valence-electron chi connectivity index (χ0n) is 10.3. The first-order chi connectivity index (χ1) is 8.99. The highest BCUT2D eigenvalue weighted by Gasteiger charge is 2.33. The minimum absolute atomic E-state index is 0.156. The molecule has 8 heteroatoms. The van der Waals surface area contributed by atoms with Gasteiger partial charge in [-0.1, -0.05) is 11.8 Å². The van der Waals surface area contributed by atoms with Crippen LogP contribution in [0.3, 0.4) is 0 Å². The van der Waals surface area contributed by atoms with Crippen LogP contribution in [-0.2, 0) is 9.53 Å². The Balaban J connectivity index is 2.49. The van der Waals surface area contributed by atoms with Crippen LogP contribution in [-0.4, -0.2) is 51.1 Å². The van der Waals surface area contributed by atoms with Crippen LogP contribution in [0.15, 0.2) is 0 Å². The summed E-state index contributed by atoms with van der Waals surface area (Å²) in [6, 6.07) is -0.934. The van der Waals surface area contributed by atoms with Gasteiger partial charge in [0.2, 0.25) is 5.91 Å². The zero-order valence-corrected chi connectivity index (χ0v) is 10.3. The molecule has 0 aromatic heterocycles. The van der Waals surface area contributed by atoms with E-state index in [1.165, 1.54) is 0 Å². The second kappa shape index (κ2) is 7.99. The number of nitrogens with one attached hydrogen (secondary N) is 3. The first kappa shape index (κ1) is 15.8. The van der Waals surface area contributed by atoms with E-state index in [0.29, 0.717) is 19.6 Å². The molecule has 1 atom stereocenters. The van der Waals surface area contributed by atoms with E-state index in [-0.39, 0.29) is 19.6 Å². The van der Waals surface area contributed by atoms with Gasteiger partial charge in [-0.3, -0.25) is 10.1 Å². The minimum atomic E-state index is -4.72. The second-order valence-corrected chi connectivity index (χ2v) is 3.87. The van der Waals surface area contributed by atoms with Crippen molar-refractivity contribution in [2.75, 3.05) is 32.8 Å². The molecule has 0 aromatic rings. The summed E-state index contributed by atoms with van der Waals surface area (Å²) in [4.78, 5) is 11.4. The second-order valence-electron chi connectivity index (χ2n) is 3.87. The maximum atomic E-state index is 12.1. The van der Waals surface area contributed by atoms with Gasteiger partial charge in [-0.15, -0.1) is 0 Å². The van der Waals surface area contributed by atoms with Gasteiger partial charge in [-0.2, -0.15) is 13.2 Å². The van der Waals surface area contributed by atoms with Crippen molar-refractivity contribution in [2.24, 2.45) is 0 Å². The van der Waals surface area contributed by atoms with Crippen molar-refractivity contribution >= 4 is 5.91 Å². The average Bonchev–Trinajstić information content (AvgIpc) is 2.27. The molecule has 0 fully saturated rings. The Hall–Kier alpha value is -1.30. The predicted octanol–water partition coefficient (Wildman–Crippen LogP) is -0.406. The summed E-state index contributed by atoms with van der Waals surface area (Å²) in [6.07, 6.45) is -4.56. The van der Waals surface area contributed by atoms with Crippen LogP contribution in [0.1, 0.15) is 6.42 Å². The van der Waals surface area contributed by atoms with Gasteiger partial charge in [-0.05, 0) is 6.42 Å². The van der Waals surface area contributed by atoms with Gasteiger partial charge in [0, 0.05) is 19.7 Å². The molecule has 19 heavy (non-hydrogen) atoms. The highest BCUT2D eigenvalue weighted by molar-refractivity contribution is 5.81. The first-order valence-corrected chi connectivity index (χ1v) is 5.85. The molecule has 1 rings (SSSR count). The van der Waals surface area contributed by atoms with Gasteiger partial charge in [0.25, 0.3) is 0 Å². The summed E-state index contributed by atoms with van der Waals surface area (Å²) in [6.45, 7) is 1.74. The van der Waals surface area contributed by atoms with Gasteiger partial charge < -0.3 is 15.4 Å². The van der Waals surface area contributed by atoms with E-state index < -0.39 is 18.2 Å². The number of amides is 1. The summed E-state index contributed by atoms with van der Waals surface area (Å²) in [7, 11) is 0. The summed E-state index contributed by atoms with van der Waals surface area (Å²) >= 11 is 0. The molecule has 1 unspecified atom stereocenters. The Bertz CT molecular complexity index is 349. The number of ether oxygens (including phenoxy) is 1. The van der Waals surface area contributed by atoms with Gasteiger partial charge >= 0.3 is 6.30 Å². The lowest BCUT2D eigenvalue weighted by atomic mass is 10.2. The SMILES string of the molecule is O=C(NC(F)(F)F)C1CCOCC#CCNCCN1. The molecule has 0 radical (unpaired) electrons. The fourth-order valence-electron chi connectivity index (χ4n) is 1.48. The van der Waals surface area contributed by atoms with E-state index in [4.69, 9.17) is 4.74 Å². The van der Waals surface area contributed by atoms with E-state index in [2.05, 4.69) is 22.5 Å². The van der Waals surface area contributed by atoms with E-state index in [1.54, 1.807) is 0 Å². The zero-order chi connectivity index (χ0) is 14.1. The lowest BCUT2D eigenvalue weighted by Crippen LogP contribution is -2.50. The van der Waals surface area contributed by atoms with Crippen molar-refractivity contribution in [2.45, 2.75) is 18.8 Å². The minimum Gasteiger partial charge on any atom is -0.369 e. The van der Waals surface area contributed by atoms with Crippen molar-refractivity contribution in [3.63, 3.8) is 0 Å². The Morgan fingerprint density at radius 1 is 1.32 bits per heavy atom. The molecule has 108 valence electrons. The van der Waals surface area contributed by atoms with E-state index in [0.717, 1.165) is 5.32 Å². The number of carbonyl (C=O) groups is 1. The van der Waals surface area contributed by atoms with Gasteiger partial charge in [0.05, 0.1) is 12.6 Å². The van der Waals surface area contributed by atoms with Crippen LogP contribution in [0.4, 0.5) is 13.2 Å². The van der Waals surface area contributed by atoms with E-state index >= 15 is 0 Å². The molecule has 1 aliphatic heterocycles. The molecule has 1 heterocycles. The number of alkyl halides is 3. The van der Waals surface area contributed by atoms with E-state index in [9.17, 15) is 18.0 Å². The van der Waals surface area contributed by atoms with Gasteiger partial charge in [0.15, 0.2) is 0 Å². The van der Waals surface area contributed by atoms with Crippen LogP contribution in [0.2, 0.25) is 0 Å². The number of hydrogen-bond donors (Lipinski definition) is 3. The van der Waals surface area contributed by atoms with Crippen molar-refractivity contribution in [3.05, 3.63) is 0 Å². The smallest absolute Gasteiger partial charge is 0.369 e. The van der Waals surface area contributed by atoms with E-state index in [1.807, 2.05) is 0 Å². The fourth-order valence-corrected chi connectivity index (χ4v) is 1.48. The summed E-state index contributed by atoms with van der Waals surface area (Å²) in [5.41, 5.74) is 0. The molecule has 5 nitrogen and oxygen atoms in total. The number of carbonyl (C=O) groups excluding carboxylic acids is 1. The topological polar surface area (TPSA) is 62.4 Å². The van der Waals surface area contributed by atoms with Crippen LogP contribution in [0.5, 0.6) is 0 Å². The monoisotopic (exact) mass is 279 g/mol. The van der Waals surface area contributed by atoms with Gasteiger partial charge in [0.1, 0.15) is 6.61 Å². The Labute approximate surface area is 109 Å². The molecule has 3 N–H and O–H groups in total. The summed E-state index contributed by atoms with van der Waals surface area (Å²) in [5.74, 6) is 4.48. The largest absolute Gasteiger partial charge is 0.484 e. The molecule has 0 saturated carbocycles. The fraction of sp³-hybridized carbons (Fsp3) is 0.727. The molecule has 0 saturated heterocycles. The average molecular weight is 279 g/mol. The van der Waals surface area contributed by atoms with Crippen molar-refractivity contribution in [3.8, 4) is 11.8 Å². The molecule has 0 bridgehead atoms. The third kappa shape index (κ3) is 7.66. The third-order valence-corrected chi connectivity index (χ3v) is 2.34. The highest BCUT2D eigenvalue weighted by Crippen LogP contribution is 2.10. The molecule has 0 aromatic carbocycles. The highest BCUT2D eigenvalue weighted by atomic mass is 19.4. The number of rotatable bonds is 1. The van der Waals surface area contributed by atoms with Crippen LogP contribution in [0.25, 0.3) is 0 Å². The quantitative estimate of drug-likeness (QED) is 0.451. The third-order valence-electron chi connectivity index (χ3n) is 2.34. The number of hydrogen-bond acceptors (Lipinski definition) is 4. The number of halogens is 3. The van der Waals surface area contributed by atoms with Gasteiger partial charge in [-0.25, -0.2) is 0 Å². The molecule has 1 aliphatic rings. The predicted molar refractivity (Wildman–Crippen MR) is 62.1 cm³/mol. The summed E-state index contributed by atoms with van der Waals surface area (Å²) < 4.78 is 41.4. The molecular weight excluding hydrogens is 263 g/mol. The molecule has 0 aliphatic carbocycles. The molecule has 1 amide bonds. The van der Waals surface area contributed by atoms with Crippen molar-refractivity contribution in [1.82, 2.24) is 16.0 Å².